The third-order valence-corrected chi connectivity index (χ3v) is 4.80. The molecule has 20 heavy (non-hydrogen) atoms. The summed E-state index contributed by atoms with van der Waals surface area (Å²) in [6.45, 7) is 1.89. The molecule has 0 heterocycles. The van der Waals surface area contributed by atoms with Crippen molar-refractivity contribution in [1.82, 2.24) is 0 Å². The van der Waals surface area contributed by atoms with Crippen molar-refractivity contribution in [3.63, 3.8) is 0 Å². The van der Waals surface area contributed by atoms with Gasteiger partial charge >= 0.3 is 0 Å². The number of anilines is 1. The van der Waals surface area contributed by atoms with Gasteiger partial charge in [-0.1, -0.05) is 6.92 Å². The molecule has 1 aliphatic carbocycles. The lowest BCUT2D eigenvalue weighted by Gasteiger charge is -2.13. The van der Waals surface area contributed by atoms with E-state index in [1.54, 1.807) is 0 Å². The number of rotatable bonds is 5. The van der Waals surface area contributed by atoms with E-state index in [4.69, 9.17) is 15.4 Å². The fourth-order valence-electron chi connectivity index (χ4n) is 2.01. The maximum absolute atomic E-state index is 12.0. The Bertz CT molecular complexity index is 625. The third-order valence-electron chi connectivity index (χ3n) is 3.44. The smallest absolute Gasteiger partial charge is 0.264 e. The monoisotopic (exact) mass is 317 g/mol. The first kappa shape index (κ1) is 15.1. The highest BCUT2D eigenvalue weighted by molar-refractivity contribution is 8.13. The van der Waals surface area contributed by atoms with Crippen LogP contribution < -0.4 is 10.1 Å². The van der Waals surface area contributed by atoms with Gasteiger partial charge in [0.2, 0.25) is 5.91 Å². The molecule has 5 nitrogen and oxygen atoms in total. The first-order chi connectivity index (χ1) is 9.32. The molecule has 0 spiro atoms. The van der Waals surface area contributed by atoms with E-state index >= 15 is 0 Å². The molecule has 0 saturated heterocycles. The molecule has 0 aliphatic heterocycles. The van der Waals surface area contributed by atoms with Gasteiger partial charge in [0.15, 0.2) is 0 Å². The lowest BCUT2D eigenvalue weighted by Crippen LogP contribution is -2.21. The lowest BCUT2D eigenvalue weighted by molar-refractivity contribution is -0.119. The summed E-state index contributed by atoms with van der Waals surface area (Å²) in [7, 11) is 2.78. The molecule has 1 aromatic carbocycles. The minimum absolute atomic E-state index is 0.0440. The van der Waals surface area contributed by atoms with Crippen LogP contribution in [-0.4, -0.2) is 21.4 Å². The summed E-state index contributed by atoms with van der Waals surface area (Å²) < 4.78 is 27.7. The molecule has 1 saturated carbocycles. The van der Waals surface area contributed by atoms with Crippen molar-refractivity contribution in [3.05, 3.63) is 18.2 Å². The van der Waals surface area contributed by atoms with Crippen molar-refractivity contribution in [2.75, 3.05) is 12.4 Å². The summed E-state index contributed by atoms with van der Waals surface area (Å²) in [5.74, 6) is 0.449. The largest absolute Gasteiger partial charge is 0.495 e. The van der Waals surface area contributed by atoms with Gasteiger partial charge in [-0.25, -0.2) is 8.42 Å². The summed E-state index contributed by atoms with van der Waals surface area (Å²) in [6, 6.07) is 4.26. The topological polar surface area (TPSA) is 72.5 Å². The van der Waals surface area contributed by atoms with Crippen LogP contribution in [0.5, 0.6) is 5.75 Å². The normalized spacial score (nSPS) is 16.6. The zero-order chi connectivity index (χ0) is 14.9. The molecule has 1 atom stereocenters. The second kappa shape index (κ2) is 5.61. The zero-order valence-corrected chi connectivity index (χ0v) is 12.8. The number of ether oxygens (including phenoxy) is 1. The summed E-state index contributed by atoms with van der Waals surface area (Å²) >= 11 is 0. The lowest BCUT2D eigenvalue weighted by atomic mass is 10.1. The summed E-state index contributed by atoms with van der Waals surface area (Å²) in [5, 5.41) is 2.76. The Balaban J connectivity index is 2.19. The Morgan fingerprint density at radius 3 is 2.60 bits per heavy atom. The van der Waals surface area contributed by atoms with Gasteiger partial charge in [-0.15, -0.1) is 0 Å². The van der Waals surface area contributed by atoms with E-state index in [0.29, 0.717) is 11.6 Å². The Hall–Kier alpha value is -1.27. The number of carbonyl (C=O) groups excluding carboxylic acids is 1. The van der Waals surface area contributed by atoms with E-state index in [1.165, 1.54) is 25.3 Å². The van der Waals surface area contributed by atoms with Gasteiger partial charge in [-0.2, -0.15) is 0 Å². The predicted molar refractivity (Wildman–Crippen MR) is 76.6 cm³/mol. The minimum Gasteiger partial charge on any atom is -0.495 e. The van der Waals surface area contributed by atoms with Gasteiger partial charge in [0.05, 0.1) is 7.11 Å². The van der Waals surface area contributed by atoms with Crippen LogP contribution >= 0.6 is 10.7 Å². The maximum atomic E-state index is 12.0. The van der Waals surface area contributed by atoms with Crippen molar-refractivity contribution in [2.45, 2.75) is 24.7 Å². The number of methoxy groups -OCH3 is 1. The van der Waals surface area contributed by atoms with Crippen molar-refractivity contribution < 1.29 is 17.9 Å². The zero-order valence-electron chi connectivity index (χ0n) is 11.2. The predicted octanol–water partition coefficient (Wildman–Crippen LogP) is 2.61. The molecule has 1 N–H and O–H groups in total. The minimum atomic E-state index is -3.88. The standard InChI is InChI=1S/C13H16ClNO4S/c1-8(9-3-4-9)13(16)15-10-5-6-12(20(14,17)18)11(7-10)19-2/h5-9H,3-4H2,1-2H3,(H,15,16). The number of hydrogen-bond donors (Lipinski definition) is 1. The van der Waals surface area contributed by atoms with Crippen LogP contribution in [0, 0.1) is 11.8 Å². The van der Waals surface area contributed by atoms with Crippen LogP contribution in [-0.2, 0) is 13.8 Å². The van der Waals surface area contributed by atoms with E-state index in [1.807, 2.05) is 6.92 Å². The van der Waals surface area contributed by atoms with Crippen LogP contribution in [0.4, 0.5) is 5.69 Å². The molecule has 0 bridgehead atoms. The van der Waals surface area contributed by atoms with Gasteiger partial charge in [-0.3, -0.25) is 4.79 Å². The van der Waals surface area contributed by atoms with Gasteiger partial charge in [0.1, 0.15) is 10.6 Å². The Kier molecular flexibility index (Phi) is 4.25. The fourth-order valence-corrected chi connectivity index (χ4v) is 3.01. The molecule has 2 rings (SSSR count). The van der Waals surface area contributed by atoms with Crippen molar-refractivity contribution in [2.24, 2.45) is 11.8 Å². The molecule has 7 heteroatoms. The van der Waals surface area contributed by atoms with E-state index in [2.05, 4.69) is 5.32 Å². The Labute approximate surface area is 122 Å². The average molecular weight is 318 g/mol. The molecular weight excluding hydrogens is 302 g/mol. The molecule has 1 amide bonds. The van der Waals surface area contributed by atoms with Crippen molar-refractivity contribution in [3.8, 4) is 5.75 Å². The highest BCUT2D eigenvalue weighted by atomic mass is 35.7. The van der Waals surface area contributed by atoms with Gasteiger partial charge in [0.25, 0.3) is 9.05 Å². The SMILES string of the molecule is COc1cc(NC(=O)C(C)C2CC2)ccc1S(=O)(=O)Cl. The molecule has 0 radical (unpaired) electrons. The van der Waals surface area contributed by atoms with Crippen LogP contribution in [0.15, 0.2) is 23.1 Å². The summed E-state index contributed by atoms with van der Waals surface area (Å²) in [5.41, 5.74) is 0.489. The number of benzene rings is 1. The van der Waals surface area contributed by atoms with E-state index in [9.17, 15) is 13.2 Å². The summed E-state index contributed by atoms with van der Waals surface area (Å²) in [6.07, 6.45) is 2.17. The first-order valence-corrected chi connectivity index (χ1v) is 8.57. The van der Waals surface area contributed by atoms with Crippen LogP contribution in [0.2, 0.25) is 0 Å². The third kappa shape index (κ3) is 3.43. The maximum Gasteiger partial charge on any atom is 0.264 e. The summed E-state index contributed by atoms with van der Waals surface area (Å²) in [4.78, 5) is 11.9. The Morgan fingerprint density at radius 2 is 2.10 bits per heavy atom. The average Bonchev–Trinajstić information content (AvgIpc) is 3.20. The van der Waals surface area contributed by atoms with Gasteiger partial charge in [-0.05, 0) is 30.9 Å². The molecule has 110 valence electrons. The van der Waals surface area contributed by atoms with Gasteiger partial charge < -0.3 is 10.1 Å². The van der Waals surface area contributed by atoms with Crippen molar-refractivity contribution >= 4 is 31.3 Å². The van der Waals surface area contributed by atoms with E-state index < -0.39 is 9.05 Å². The highest BCUT2D eigenvalue weighted by Crippen LogP contribution is 2.37. The van der Waals surface area contributed by atoms with E-state index in [-0.39, 0.29) is 22.5 Å². The second-order valence-electron chi connectivity index (χ2n) is 4.92. The number of carbonyl (C=O) groups is 1. The first-order valence-electron chi connectivity index (χ1n) is 6.26. The highest BCUT2D eigenvalue weighted by Gasteiger charge is 2.32. The van der Waals surface area contributed by atoms with Crippen molar-refractivity contribution in [1.29, 1.82) is 0 Å². The molecule has 1 aliphatic rings. The molecular formula is C13H16ClNO4S. The van der Waals surface area contributed by atoms with Gasteiger partial charge in [0, 0.05) is 28.4 Å². The number of amides is 1. The van der Waals surface area contributed by atoms with Crippen LogP contribution in [0.3, 0.4) is 0 Å². The van der Waals surface area contributed by atoms with Crippen LogP contribution in [0.1, 0.15) is 19.8 Å². The molecule has 0 aromatic heterocycles. The number of halogens is 1. The number of nitrogens with one attached hydrogen (secondary N) is 1. The molecule has 1 aromatic rings. The fraction of sp³-hybridized carbons (Fsp3) is 0.462. The van der Waals surface area contributed by atoms with Crippen LogP contribution in [0.25, 0.3) is 0 Å². The number of hydrogen-bond acceptors (Lipinski definition) is 4. The molecule has 1 unspecified atom stereocenters. The van der Waals surface area contributed by atoms with E-state index in [0.717, 1.165) is 12.8 Å². The molecule has 1 fully saturated rings. The second-order valence-corrected chi connectivity index (χ2v) is 7.45. The quantitative estimate of drug-likeness (QED) is 0.847. The Morgan fingerprint density at radius 1 is 1.45 bits per heavy atom.